The first-order chi connectivity index (χ1) is 19.5. The van der Waals surface area contributed by atoms with Crippen molar-refractivity contribution in [3.8, 4) is 0 Å². The Hall–Kier alpha value is -4.15. The second-order valence-electron chi connectivity index (χ2n) is 10.2. The third-order valence-electron chi connectivity index (χ3n) is 6.67. The number of amides is 1. The number of likely N-dealkylation sites (N-methyl/N-ethyl adjacent to an activating group) is 1. The average molecular weight is 577 g/mol. The van der Waals surface area contributed by atoms with Gasteiger partial charge in [0.25, 0.3) is 5.91 Å². The van der Waals surface area contributed by atoms with Gasteiger partial charge in [-0.3, -0.25) is 9.10 Å². The van der Waals surface area contributed by atoms with E-state index in [4.69, 9.17) is 4.74 Å². The van der Waals surface area contributed by atoms with E-state index < -0.39 is 21.2 Å². The summed E-state index contributed by atoms with van der Waals surface area (Å²) in [5.74, 6) is -0.760. The fraction of sp³-hybridized carbons (Fsp3) is 0.290. The van der Waals surface area contributed by atoms with Gasteiger partial charge in [0.15, 0.2) is 0 Å². The topological polar surface area (TPSA) is 108 Å². The van der Waals surface area contributed by atoms with Crippen molar-refractivity contribution in [2.45, 2.75) is 26.0 Å². The Kier molecular flexibility index (Phi) is 9.14. The molecule has 1 amide bonds. The third-order valence-corrected chi connectivity index (χ3v) is 8.86. The number of nitrogens with one attached hydrogen (secondary N) is 2. The molecule has 3 aromatic rings. The molecule has 2 N–H and O–H groups in total. The van der Waals surface area contributed by atoms with Crippen LogP contribution in [0.2, 0.25) is 0 Å². The van der Waals surface area contributed by atoms with E-state index >= 15 is 0 Å². The van der Waals surface area contributed by atoms with Crippen LogP contribution in [0.1, 0.15) is 42.3 Å². The van der Waals surface area contributed by atoms with Crippen molar-refractivity contribution in [1.29, 1.82) is 0 Å². The number of hydrogen-bond donors (Lipinski definition) is 2. The lowest BCUT2D eigenvalue weighted by Gasteiger charge is -2.28. The second-order valence-corrected chi connectivity index (χ2v) is 12.6. The van der Waals surface area contributed by atoms with Gasteiger partial charge in [-0.15, -0.1) is 0 Å². The molecule has 0 fully saturated rings. The number of nitrogens with zero attached hydrogens (tertiary/aromatic N) is 2. The lowest BCUT2D eigenvalue weighted by molar-refractivity contribution is -0.110. The third kappa shape index (κ3) is 6.61. The van der Waals surface area contributed by atoms with Crippen LogP contribution in [0, 0.1) is 0 Å². The fourth-order valence-electron chi connectivity index (χ4n) is 4.45. The Labute approximate surface area is 241 Å². The standard InChI is InChI=1S/C31H36N4O5S/c1-6-40-31(37)23-12-17-26-27(20-23)33-30(36)28(26)29(22-10-8-7-9-11-22)32-24-13-15-25(16-14-24)35(19-18-34(4)5)41(38,39)21(2)3/h7-17,20-21,32H,6,18-19H2,1-5H3,(H,33,36). The van der Waals surface area contributed by atoms with Gasteiger partial charge in [0.1, 0.15) is 0 Å². The summed E-state index contributed by atoms with van der Waals surface area (Å²) in [6.45, 7) is 6.24. The molecule has 1 aliphatic heterocycles. The van der Waals surface area contributed by atoms with Gasteiger partial charge >= 0.3 is 5.97 Å². The lowest BCUT2D eigenvalue weighted by atomic mass is 9.99. The van der Waals surface area contributed by atoms with Gasteiger partial charge in [-0.25, -0.2) is 13.2 Å². The number of benzene rings is 3. The van der Waals surface area contributed by atoms with Crippen LogP contribution < -0.4 is 14.9 Å². The smallest absolute Gasteiger partial charge is 0.338 e. The molecule has 3 aromatic carbocycles. The molecule has 10 heteroatoms. The van der Waals surface area contributed by atoms with Gasteiger partial charge in [0.05, 0.1) is 40.1 Å². The number of carbonyl (C=O) groups excluding carboxylic acids is 2. The first-order valence-electron chi connectivity index (χ1n) is 13.5. The molecule has 216 valence electrons. The lowest BCUT2D eigenvalue weighted by Crippen LogP contribution is -2.40. The molecule has 0 spiro atoms. The SMILES string of the molecule is CCOC(=O)c1ccc2c(c1)NC(=O)C2=C(Nc1ccc(N(CCN(C)C)S(=O)(=O)C(C)C)cc1)c1ccccc1. The van der Waals surface area contributed by atoms with Crippen molar-refractivity contribution < 1.29 is 22.7 Å². The zero-order chi connectivity index (χ0) is 29.7. The van der Waals surface area contributed by atoms with Crippen LogP contribution in [-0.2, 0) is 19.6 Å². The highest BCUT2D eigenvalue weighted by Gasteiger charge is 2.30. The van der Waals surface area contributed by atoms with E-state index in [9.17, 15) is 18.0 Å². The highest BCUT2D eigenvalue weighted by molar-refractivity contribution is 7.93. The van der Waals surface area contributed by atoms with Crippen LogP contribution in [0.5, 0.6) is 0 Å². The van der Waals surface area contributed by atoms with Crippen molar-refractivity contribution >= 4 is 50.2 Å². The number of hydrogen-bond acceptors (Lipinski definition) is 7. The van der Waals surface area contributed by atoms with Crippen LogP contribution in [0.3, 0.4) is 0 Å². The highest BCUT2D eigenvalue weighted by Crippen LogP contribution is 2.38. The van der Waals surface area contributed by atoms with Crippen molar-refractivity contribution in [3.63, 3.8) is 0 Å². The van der Waals surface area contributed by atoms with Crippen LogP contribution in [0.4, 0.5) is 17.1 Å². The zero-order valence-corrected chi connectivity index (χ0v) is 24.8. The molecule has 0 atom stereocenters. The summed E-state index contributed by atoms with van der Waals surface area (Å²) in [6.07, 6.45) is 0. The number of carbonyl (C=O) groups is 2. The molecule has 0 saturated carbocycles. The van der Waals surface area contributed by atoms with Gasteiger partial charge in [0.2, 0.25) is 10.0 Å². The van der Waals surface area contributed by atoms with E-state index in [0.29, 0.717) is 52.5 Å². The Morgan fingerprint density at radius 3 is 2.24 bits per heavy atom. The molecule has 0 aromatic heterocycles. The fourth-order valence-corrected chi connectivity index (χ4v) is 5.71. The van der Waals surface area contributed by atoms with Crippen molar-refractivity contribution in [2.24, 2.45) is 0 Å². The molecule has 0 bridgehead atoms. The van der Waals surface area contributed by atoms with Gasteiger partial charge in [-0.05, 0) is 76.8 Å². The van der Waals surface area contributed by atoms with Crippen LogP contribution >= 0.6 is 0 Å². The Morgan fingerprint density at radius 1 is 0.951 bits per heavy atom. The van der Waals surface area contributed by atoms with Gasteiger partial charge in [-0.1, -0.05) is 36.4 Å². The minimum Gasteiger partial charge on any atom is -0.462 e. The number of fused-ring (bicyclic) bond motifs is 1. The average Bonchev–Trinajstić information content (AvgIpc) is 3.27. The predicted molar refractivity (Wildman–Crippen MR) is 164 cm³/mol. The minimum atomic E-state index is -3.54. The number of ether oxygens (including phenoxy) is 1. The molecule has 0 aliphatic carbocycles. The summed E-state index contributed by atoms with van der Waals surface area (Å²) in [4.78, 5) is 27.5. The van der Waals surface area contributed by atoms with E-state index in [1.807, 2.05) is 49.3 Å². The maximum absolute atomic E-state index is 13.3. The summed E-state index contributed by atoms with van der Waals surface area (Å²) in [6, 6.07) is 21.6. The first-order valence-corrected chi connectivity index (χ1v) is 15.0. The molecular formula is C31H36N4O5S. The molecular weight excluding hydrogens is 540 g/mol. The van der Waals surface area contributed by atoms with Crippen LogP contribution in [-0.4, -0.2) is 64.2 Å². The van der Waals surface area contributed by atoms with E-state index in [0.717, 1.165) is 5.56 Å². The quantitative estimate of drug-likeness (QED) is 0.247. The van der Waals surface area contributed by atoms with Gasteiger partial charge < -0.3 is 20.3 Å². The van der Waals surface area contributed by atoms with Crippen molar-refractivity contribution in [2.75, 3.05) is 48.7 Å². The summed E-state index contributed by atoms with van der Waals surface area (Å²) >= 11 is 0. The maximum atomic E-state index is 13.3. The summed E-state index contributed by atoms with van der Waals surface area (Å²) in [7, 11) is 0.264. The van der Waals surface area contributed by atoms with E-state index in [2.05, 4.69) is 10.6 Å². The van der Waals surface area contributed by atoms with E-state index in [1.54, 1.807) is 63.2 Å². The summed E-state index contributed by atoms with van der Waals surface area (Å²) in [5.41, 5.74) is 4.58. The molecule has 1 aliphatic rings. The zero-order valence-electron chi connectivity index (χ0n) is 24.0. The molecule has 4 rings (SSSR count). The van der Waals surface area contributed by atoms with Crippen LogP contribution in [0.15, 0.2) is 72.8 Å². The van der Waals surface area contributed by atoms with Crippen molar-refractivity contribution in [3.05, 3.63) is 89.5 Å². The monoisotopic (exact) mass is 576 g/mol. The normalized spacial score (nSPS) is 14.1. The maximum Gasteiger partial charge on any atom is 0.338 e. The number of rotatable bonds is 11. The van der Waals surface area contributed by atoms with Crippen molar-refractivity contribution in [1.82, 2.24) is 4.90 Å². The predicted octanol–water partition coefficient (Wildman–Crippen LogP) is 4.90. The Balaban J connectivity index is 1.73. The van der Waals surface area contributed by atoms with Crippen LogP contribution in [0.25, 0.3) is 11.3 Å². The molecule has 41 heavy (non-hydrogen) atoms. The van der Waals surface area contributed by atoms with Gasteiger partial charge in [0, 0.05) is 24.3 Å². The van der Waals surface area contributed by atoms with E-state index in [1.165, 1.54) is 4.31 Å². The number of anilines is 3. The number of esters is 1. The largest absolute Gasteiger partial charge is 0.462 e. The molecule has 1 heterocycles. The molecule has 9 nitrogen and oxygen atoms in total. The molecule has 0 radical (unpaired) electrons. The minimum absolute atomic E-state index is 0.255. The Bertz CT molecular complexity index is 1550. The molecule has 0 unspecified atom stereocenters. The second kappa shape index (κ2) is 12.6. The summed E-state index contributed by atoms with van der Waals surface area (Å²) in [5, 5.41) is 5.70. The number of sulfonamides is 1. The summed E-state index contributed by atoms with van der Waals surface area (Å²) < 4.78 is 32.8. The Morgan fingerprint density at radius 2 is 1.63 bits per heavy atom. The highest BCUT2D eigenvalue weighted by atomic mass is 32.2. The van der Waals surface area contributed by atoms with E-state index in [-0.39, 0.29) is 12.5 Å². The van der Waals surface area contributed by atoms with Gasteiger partial charge in [-0.2, -0.15) is 0 Å². The first kappa shape index (κ1) is 29.8. The molecule has 0 saturated heterocycles.